The molecular weight excluding hydrogens is 592 g/mol. The number of imide groups is 1. The van der Waals surface area contributed by atoms with Crippen LogP contribution in [0, 0.1) is 23.7 Å². The van der Waals surface area contributed by atoms with Gasteiger partial charge in [0.25, 0.3) is 0 Å². The summed E-state index contributed by atoms with van der Waals surface area (Å²) in [6, 6.07) is 9.49. The number of methoxy groups -OCH3 is 1. The van der Waals surface area contributed by atoms with Gasteiger partial charge in [-0.15, -0.1) is 0 Å². The normalized spacial score (nSPS) is 27.7. The molecule has 0 spiro atoms. The zero-order chi connectivity index (χ0) is 32.7. The van der Waals surface area contributed by atoms with Crippen LogP contribution in [0.5, 0.6) is 0 Å². The number of likely N-dealkylation sites (tertiary alicyclic amines) is 1. The topological polar surface area (TPSA) is 135 Å². The molecule has 3 heterocycles. The van der Waals surface area contributed by atoms with Crippen LogP contribution in [0.4, 0.5) is 9.59 Å². The Hall–Kier alpha value is -4.48. The van der Waals surface area contributed by atoms with Crippen LogP contribution >= 0.6 is 0 Å². The van der Waals surface area contributed by atoms with Gasteiger partial charge in [-0.3, -0.25) is 24.3 Å². The fourth-order valence-electron chi connectivity index (χ4n) is 7.44. The molecule has 244 valence electrons. The van der Waals surface area contributed by atoms with E-state index < -0.39 is 59.8 Å². The highest BCUT2D eigenvalue weighted by Gasteiger charge is 2.70. The minimum atomic E-state index is -1.43. The molecule has 6 rings (SSSR count). The van der Waals surface area contributed by atoms with Crippen molar-refractivity contribution in [1.82, 2.24) is 14.7 Å². The summed E-state index contributed by atoms with van der Waals surface area (Å²) in [4.78, 5) is 76.8. The first-order chi connectivity index (χ1) is 22.2. The molecule has 0 bridgehead atoms. The second-order valence-corrected chi connectivity index (χ2v) is 12.4. The van der Waals surface area contributed by atoms with Gasteiger partial charge in [-0.1, -0.05) is 43.3 Å². The minimum absolute atomic E-state index is 0.0566. The van der Waals surface area contributed by atoms with E-state index in [1.165, 1.54) is 16.9 Å². The van der Waals surface area contributed by atoms with Gasteiger partial charge in [-0.05, 0) is 56.6 Å². The third-order valence-corrected chi connectivity index (χ3v) is 9.89. The predicted molar refractivity (Wildman–Crippen MR) is 165 cm³/mol. The van der Waals surface area contributed by atoms with Crippen molar-refractivity contribution in [1.29, 1.82) is 0 Å². The van der Waals surface area contributed by atoms with E-state index in [4.69, 9.17) is 19.2 Å². The van der Waals surface area contributed by atoms with E-state index in [2.05, 4.69) is 0 Å². The quantitative estimate of drug-likeness (QED) is 0.214. The Kier molecular flexibility index (Phi) is 8.47. The van der Waals surface area contributed by atoms with E-state index in [1.807, 2.05) is 57.2 Å². The maximum Gasteiger partial charge on any atom is 0.424 e. The number of aliphatic imine (C=N–C) groups is 1. The summed E-state index contributed by atoms with van der Waals surface area (Å²) >= 11 is 0. The smallest absolute Gasteiger partial charge is 0.424 e. The molecule has 3 fully saturated rings. The zero-order valence-electron chi connectivity index (χ0n) is 26.7. The molecule has 2 aliphatic carbocycles. The minimum Gasteiger partial charge on any atom is -0.468 e. The number of carbonyl (C=O) groups excluding carboxylic acids is 5. The van der Waals surface area contributed by atoms with Crippen LogP contribution in [0.3, 0.4) is 0 Å². The van der Waals surface area contributed by atoms with Crippen molar-refractivity contribution in [2.45, 2.75) is 58.4 Å². The number of allylic oxidation sites excluding steroid dienone is 2. The average Bonchev–Trinajstić information content (AvgIpc) is 3.80. The lowest BCUT2D eigenvalue weighted by atomic mass is 9.59. The number of benzene rings is 1. The molecule has 46 heavy (non-hydrogen) atoms. The van der Waals surface area contributed by atoms with Gasteiger partial charge in [0.05, 0.1) is 18.9 Å². The number of fused-ring (bicyclic) bond motifs is 5. The molecule has 0 aromatic heterocycles. The standard InChI is InChI=1S/C34H40N4O8/c1-5-22-23-15-16-24-26(29(41)37(28(24)40)19-25(39)44-4)27(23)34(17-20-11-9-8-10-12-20)31(35-18-21-13-14-21)46-33(43)38(34)30(22)45-32(42)36(6-2)7-3/h8-12,15,21,24,26-27H,5-7,13-14,16-19H2,1-4H3/t24-,26-,27+,34+/m1/s1. The number of esters is 1. The first-order valence-electron chi connectivity index (χ1n) is 16.1. The second-order valence-electron chi connectivity index (χ2n) is 12.4. The van der Waals surface area contributed by atoms with Crippen molar-refractivity contribution in [2.24, 2.45) is 28.7 Å². The molecule has 4 amide bonds. The monoisotopic (exact) mass is 632 g/mol. The largest absolute Gasteiger partial charge is 0.468 e. The summed E-state index contributed by atoms with van der Waals surface area (Å²) in [5.41, 5.74) is 0.706. The van der Waals surface area contributed by atoms with Crippen LogP contribution in [-0.4, -0.2) is 89.4 Å². The molecule has 2 saturated heterocycles. The molecule has 0 radical (unpaired) electrons. The van der Waals surface area contributed by atoms with Crippen molar-refractivity contribution < 1.29 is 38.2 Å². The predicted octanol–water partition coefficient (Wildman–Crippen LogP) is 4.06. The molecule has 1 saturated carbocycles. The Labute approximate surface area is 268 Å². The Morgan fingerprint density at radius 3 is 2.41 bits per heavy atom. The van der Waals surface area contributed by atoms with Gasteiger partial charge >= 0.3 is 18.2 Å². The molecular formula is C34H40N4O8. The number of rotatable bonds is 10. The van der Waals surface area contributed by atoms with Gasteiger partial charge in [0.1, 0.15) is 12.1 Å². The Bertz CT molecular complexity index is 1540. The number of amides is 4. The highest BCUT2D eigenvalue weighted by atomic mass is 16.6. The van der Waals surface area contributed by atoms with Crippen LogP contribution in [0.25, 0.3) is 0 Å². The summed E-state index contributed by atoms with van der Waals surface area (Å²) in [6.45, 7) is 6.32. The zero-order valence-corrected chi connectivity index (χ0v) is 26.7. The van der Waals surface area contributed by atoms with Gasteiger partial charge in [0.15, 0.2) is 0 Å². The van der Waals surface area contributed by atoms with Gasteiger partial charge in [-0.25, -0.2) is 14.5 Å². The first-order valence-corrected chi connectivity index (χ1v) is 16.1. The molecule has 5 aliphatic rings. The Balaban J connectivity index is 1.59. The van der Waals surface area contributed by atoms with E-state index in [0.29, 0.717) is 37.5 Å². The van der Waals surface area contributed by atoms with Crippen molar-refractivity contribution >= 4 is 35.9 Å². The van der Waals surface area contributed by atoms with E-state index >= 15 is 0 Å². The van der Waals surface area contributed by atoms with E-state index in [0.717, 1.165) is 28.9 Å². The van der Waals surface area contributed by atoms with Gasteiger partial charge in [0.2, 0.25) is 23.6 Å². The summed E-state index contributed by atoms with van der Waals surface area (Å²) in [5.74, 6) is -3.58. The van der Waals surface area contributed by atoms with Crippen LogP contribution in [0.2, 0.25) is 0 Å². The van der Waals surface area contributed by atoms with Crippen molar-refractivity contribution in [2.75, 3.05) is 33.3 Å². The lowest BCUT2D eigenvalue weighted by Crippen LogP contribution is -2.63. The highest BCUT2D eigenvalue weighted by Crippen LogP contribution is 2.58. The van der Waals surface area contributed by atoms with Gasteiger partial charge < -0.3 is 19.1 Å². The molecule has 3 aliphatic heterocycles. The van der Waals surface area contributed by atoms with Crippen molar-refractivity contribution in [3.8, 4) is 0 Å². The Morgan fingerprint density at radius 1 is 1.07 bits per heavy atom. The number of carbonyl (C=O) groups is 5. The van der Waals surface area contributed by atoms with Crippen LogP contribution in [0.15, 0.2) is 58.4 Å². The summed E-state index contributed by atoms with van der Waals surface area (Å²) in [5, 5.41) is 0. The number of nitrogens with zero attached hydrogens (tertiary/aromatic N) is 4. The molecule has 0 N–H and O–H groups in total. The molecule has 0 unspecified atom stereocenters. The van der Waals surface area contributed by atoms with Crippen LogP contribution < -0.4 is 0 Å². The fourth-order valence-corrected chi connectivity index (χ4v) is 7.44. The van der Waals surface area contributed by atoms with Crippen LogP contribution in [0.1, 0.15) is 52.0 Å². The summed E-state index contributed by atoms with van der Waals surface area (Å²) in [6.07, 6.45) is 3.37. The van der Waals surface area contributed by atoms with E-state index in [-0.39, 0.29) is 24.6 Å². The molecule has 4 atom stereocenters. The Morgan fingerprint density at radius 2 is 1.78 bits per heavy atom. The van der Waals surface area contributed by atoms with E-state index in [9.17, 15) is 24.0 Å². The van der Waals surface area contributed by atoms with Gasteiger partial charge in [0, 0.05) is 37.5 Å². The van der Waals surface area contributed by atoms with Crippen LogP contribution in [-0.2, 0) is 35.0 Å². The maximum atomic E-state index is 14.3. The fraction of sp³-hybridized carbons (Fsp3) is 0.529. The second kappa shape index (κ2) is 12.4. The average molecular weight is 633 g/mol. The number of cyclic esters (lactones) is 1. The molecule has 1 aromatic rings. The SMILES string of the molecule is CCC1=C(OC(=O)N(CC)CC)N2C(=O)OC(=NCC3CC3)[C@]2(Cc2ccccc2)[C@H]2C1=CC[C@H]1C(=O)N(CC(=O)OC)C(=O)[C@H]12. The molecule has 12 heteroatoms. The molecule has 12 nitrogen and oxygen atoms in total. The number of ether oxygens (including phenoxy) is 3. The summed E-state index contributed by atoms with van der Waals surface area (Å²) in [7, 11) is 1.21. The number of hydrogen-bond donors (Lipinski definition) is 0. The molecule has 1 aromatic carbocycles. The summed E-state index contributed by atoms with van der Waals surface area (Å²) < 4.78 is 17.0. The lowest BCUT2D eigenvalue weighted by Gasteiger charge is -2.51. The highest BCUT2D eigenvalue weighted by molar-refractivity contribution is 6.10. The third-order valence-electron chi connectivity index (χ3n) is 9.89. The van der Waals surface area contributed by atoms with Crippen molar-refractivity contribution in [3.05, 3.63) is 59.0 Å². The third kappa shape index (κ3) is 5.07. The van der Waals surface area contributed by atoms with Gasteiger partial charge in [-0.2, -0.15) is 0 Å². The van der Waals surface area contributed by atoms with E-state index in [1.54, 1.807) is 0 Å². The first kappa shape index (κ1) is 31.5. The lowest BCUT2D eigenvalue weighted by molar-refractivity contribution is -0.151. The number of hydrogen-bond acceptors (Lipinski definition) is 9. The van der Waals surface area contributed by atoms with Crippen molar-refractivity contribution in [3.63, 3.8) is 0 Å². The maximum absolute atomic E-state index is 14.3.